The van der Waals surface area contributed by atoms with Crippen LogP contribution >= 0.6 is 11.6 Å². The van der Waals surface area contributed by atoms with Crippen LogP contribution in [0, 0.1) is 5.41 Å². The fourth-order valence-corrected chi connectivity index (χ4v) is 1.75. The van der Waals surface area contributed by atoms with E-state index >= 15 is 0 Å². The lowest BCUT2D eigenvalue weighted by molar-refractivity contribution is -0.128. The van der Waals surface area contributed by atoms with Crippen molar-refractivity contribution in [2.75, 3.05) is 13.6 Å². The molecule has 2 N–H and O–H groups in total. The summed E-state index contributed by atoms with van der Waals surface area (Å²) >= 11 is 5.69. The molecule has 0 saturated carbocycles. The van der Waals surface area contributed by atoms with Crippen molar-refractivity contribution in [1.82, 2.24) is 10.6 Å². The second-order valence-electron chi connectivity index (χ2n) is 4.98. The van der Waals surface area contributed by atoms with E-state index in [0.717, 1.165) is 5.56 Å². The Hall–Kier alpha value is -1.55. The summed E-state index contributed by atoms with van der Waals surface area (Å²) in [6, 6.07) is 7.07. The number of benzene rings is 1. The molecule has 0 spiro atoms. The number of amides is 2. The summed E-state index contributed by atoms with van der Waals surface area (Å²) in [6.07, 6.45) is 0. The van der Waals surface area contributed by atoms with Crippen molar-refractivity contribution < 1.29 is 9.59 Å². The predicted octanol–water partition coefficient (Wildman–Crippen LogP) is 1.93. The van der Waals surface area contributed by atoms with Gasteiger partial charge >= 0.3 is 0 Å². The molecule has 2 amide bonds. The molecule has 0 aliphatic rings. The molecular formula is C14H19ClN2O2. The number of nitrogens with one attached hydrogen (secondary N) is 2. The van der Waals surface area contributed by atoms with E-state index in [2.05, 4.69) is 10.6 Å². The Labute approximate surface area is 118 Å². The molecule has 0 fully saturated rings. The highest BCUT2D eigenvalue weighted by molar-refractivity contribution is 6.17. The first kappa shape index (κ1) is 15.5. The van der Waals surface area contributed by atoms with Crippen LogP contribution in [0.5, 0.6) is 0 Å². The third-order valence-electron chi connectivity index (χ3n) is 2.90. The summed E-state index contributed by atoms with van der Waals surface area (Å²) in [4.78, 5) is 23.5. The number of rotatable bonds is 5. The van der Waals surface area contributed by atoms with Crippen molar-refractivity contribution in [3.05, 3.63) is 35.4 Å². The highest BCUT2D eigenvalue weighted by atomic mass is 35.5. The lowest BCUT2D eigenvalue weighted by Crippen LogP contribution is -2.43. The van der Waals surface area contributed by atoms with E-state index in [9.17, 15) is 9.59 Å². The fourth-order valence-electron chi connectivity index (χ4n) is 1.57. The van der Waals surface area contributed by atoms with Crippen LogP contribution in [0.15, 0.2) is 24.3 Å². The van der Waals surface area contributed by atoms with Crippen molar-refractivity contribution in [1.29, 1.82) is 0 Å². The highest BCUT2D eigenvalue weighted by Crippen LogP contribution is 2.14. The molecule has 0 aromatic heterocycles. The Morgan fingerprint density at radius 2 is 1.79 bits per heavy atom. The van der Waals surface area contributed by atoms with E-state index in [4.69, 9.17) is 11.6 Å². The minimum Gasteiger partial charge on any atom is -0.359 e. The van der Waals surface area contributed by atoms with Gasteiger partial charge in [0, 0.05) is 25.0 Å². The molecule has 0 atom stereocenters. The van der Waals surface area contributed by atoms with Gasteiger partial charge in [0.2, 0.25) is 5.91 Å². The largest absolute Gasteiger partial charge is 0.359 e. The van der Waals surface area contributed by atoms with Crippen molar-refractivity contribution in [3.8, 4) is 0 Å². The molecular weight excluding hydrogens is 264 g/mol. The van der Waals surface area contributed by atoms with Crippen LogP contribution in [0.2, 0.25) is 0 Å². The molecule has 0 heterocycles. The molecule has 0 saturated heterocycles. The molecule has 1 aromatic rings. The molecule has 19 heavy (non-hydrogen) atoms. The Morgan fingerprint density at radius 1 is 1.21 bits per heavy atom. The number of hydrogen-bond donors (Lipinski definition) is 2. The van der Waals surface area contributed by atoms with Crippen LogP contribution in [0.3, 0.4) is 0 Å². The molecule has 0 aliphatic carbocycles. The van der Waals surface area contributed by atoms with Gasteiger partial charge in [-0.1, -0.05) is 12.1 Å². The topological polar surface area (TPSA) is 58.2 Å². The van der Waals surface area contributed by atoms with E-state index in [1.54, 1.807) is 33.0 Å². The van der Waals surface area contributed by atoms with Gasteiger partial charge in [-0.2, -0.15) is 0 Å². The monoisotopic (exact) mass is 282 g/mol. The summed E-state index contributed by atoms with van der Waals surface area (Å²) in [5, 5.41) is 5.34. The molecule has 1 rings (SSSR count). The SMILES string of the molecule is CNC(=O)C(C)(C)CNC(=O)c1ccc(CCl)cc1. The van der Waals surface area contributed by atoms with Gasteiger partial charge in [0.05, 0.1) is 5.41 Å². The lowest BCUT2D eigenvalue weighted by Gasteiger charge is -2.22. The van der Waals surface area contributed by atoms with Gasteiger partial charge in [-0.15, -0.1) is 11.6 Å². The minimum atomic E-state index is -0.638. The van der Waals surface area contributed by atoms with Crippen LogP contribution in [0.25, 0.3) is 0 Å². The maximum absolute atomic E-state index is 11.9. The van der Waals surface area contributed by atoms with Crippen LogP contribution in [0.1, 0.15) is 29.8 Å². The number of halogens is 1. The van der Waals surface area contributed by atoms with Crippen LogP contribution in [-0.4, -0.2) is 25.4 Å². The number of alkyl halides is 1. The van der Waals surface area contributed by atoms with Crippen LogP contribution in [0.4, 0.5) is 0 Å². The summed E-state index contributed by atoms with van der Waals surface area (Å²) in [5.41, 5.74) is 0.881. The van der Waals surface area contributed by atoms with Gasteiger partial charge in [0.25, 0.3) is 5.91 Å². The zero-order valence-electron chi connectivity index (χ0n) is 11.4. The fraction of sp³-hybridized carbons (Fsp3) is 0.429. The molecule has 0 bridgehead atoms. The first-order chi connectivity index (χ1) is 8.90. The lowest BCUT2D eigenvalue weighted by atomic mass is 9.92. The van der Waals surface area contributed by atoms with Gasteiger partial charge in [-0.05, 0) is 31.5 Å². The first-order valence-electron chi connectivity index (χ1n) is 6.06. The number of hydrogen-bond acceptors (Lipinski definition) is 2. The van der Waals surface area contributed by atoms with Crippen molar-refractivity contribution in [2.45, 2.75) is 19.7 Å². The maximum atomic E-state index is 11.9. The summed E-state index contributed by atoms with van der Waals surface area (Å²) in [7, 11) is 1.58. The van der Waals surface area contributed by atoms with E-state index in [1.807, 2.05) is 12.1 Å². The third kappa shape index (κ3) is 4.24. The molecule has 0 radical (unpaired) electrons. The highest BCUT2D eigenvalue weighted by Gasteiger charge is 2.27. The second kappa shape index (κ2) is 6.57. The summed E-state index contributed by atoms with van der Waals surface area (Å²) < 4.78 is 0. The van der Waals surface area contributed by atoms with E-state index in [1.165, 1.54) is 0 Å². The van der Waals surface area contributed by atoms with Crippen molar-refractivity contribution in [2.24, 2.45) is 5.41 Å². The molecule has 5 heteroatoms. The average molecular weight is 283 g/mol. The third-order valence-corrected chi connectivity index (χ3v) is 3.21. The normalized spacial score (nSPS) is 10.9. The van der Waals surface area contributed by atoms with Gasteiger partial charge in [0.1, 0.15) is 0 Å². The maximum Gasteiger partial charge on any atom is 0.251 e. The average Bonchev–Trinajstić information content (AvgIpc) is 2.43. The summed E-state index contributed by atoms with van der Waals surface area (Å²) in [6.45, 7) is 3.84. The second-order valence-corrected chi connectivity index (χ2v) is 5.24. The summed E-state index contributed by atoms with van der Waals surface area (Å²) in [5.74, 6) is 0.120. The van der Waals surface area contributed by atoms with Crippen LogP contribution in [-0.2, 0) is 10.7 Å². The molecule has 0 unspecified atom stereocenters. The van der Waals surface area contributed by atoms with Crippen molar-refractivity contribution in [3.63, 3.8) is 0 Å². The minimum absolute atomic E-state index is 0.106. The Bertz CT molecular complexity index is 455. The Balaban J connectivity index is 2.62. The van der Waals surface area contributed by atoms with Crippen LogP contribution < -0.4 is 10.6 Å². The zero-order chi connectivity index (χ0) is 14.5. The Morgan fingerprint density at radius 3 is 2.26 bits per heavy atom. The first-order valence-corrected chi connectivity index (χ1v) is 6.59. The Kier molecular flexibility index (Phi) is 5.36. The molecule has 0 aliphatic heterocycles. The smallest absolute Gasteiger partial charge is 0.251 e. The van der Waals surface area contributed by atoms with Gasteiger partial charge in [0.15, 0.2) is 0 Å². The zero-order valence-corrected chi connectivity index (χ0v) is 12.2. The molecule has 4 nitrogen and oxygen atoms in total. The predicted molar refractivity (Wildman–Crippen MR) is 76.2 cm³/mol. The molecule has 1 aromatic carbocycles. The quantitative estimate of drug-likeness (QED) is 0.811. The standard InChI is InChI=1S/C14H19ClN2O2/c1-14(2,13(19)16-3)9-17-12(18)11-6-4-10(8-15)5-7-11/h4-7H,8-9H2,1-3H3,(H,16,19)(H,17,18). The van der Waals surface area contributed by atoms with Gasteiger partial charge < -0.3 is 10.6 Å². The van der Waals surface area contributed by atoms with Crippen molar-refractivity contribution >= 4 is 23.4 Å². The number of carbonyl (C=O) groups is 2. The number of carbonyl (C=O) groups excluding carboxylic acids is 2. The van der Waals surface area contributed by atoms with E-state index in [0.29, 0.717) is 11.4 Å². The van der Waals surface area contributed by atoms with Gasteiger partial charge in [-0.25, -0.2) is 0 Å². The van der Waals surface area contributed by atoms with Gasteiger partial charge in [-0.3, -0.25) is 9.59 Å². The molecule has 104 valence electrons. The van der Waals surface area contributed by atoms with E-state index in [-0.39, 0.29) is 18.4 Å². The van der Waals surface area contributed by atoms with E-state index < -0.39 is 5.41 Å².